The van der Waals surface area contributed by atoms with Crippen molar-refractivity contribution in [2.45, 2.75) is 43.8 Å². The highest BCUT2D eigenvalue weighted by Crippen LogP contribution is 2.39. The molecule has 1 rings (SSSR count). The highest BCUT2D eigenvalue weighted by atomic mass is 28.3. The second-order valence-electron chi connectivity index (χ2n) is 5.64. The van der Waals surface area contributed by atoms with E-state index in [9.17, 15) is 0 Å². The van der Waals surface area contributed by atoms with E-state index < -0.39 is 8.80 Å². The lowest BCUT2D eigenvalue weighted by Gasteiger charge is -2.34. The number of allylic oxidation sites excluding steroid dienone is 1. The van der Waals surface area contributed by atoms with Gasteiger partial charge in [0.25, 0.3) is 0 Å². The summed E-state index contributed by atoms with van der Waals surface area (Å²) in [4.78, 5) is 0. The van der Waals surface area contributed by atoms with Crippen LogP contribution in [0.4, 0.5) is 0 Å². The zero-order valence-corrected chi connectivity index (χ0v) is 12.7. The Kier molecular flexibility index (Phi) is 5.43. The van der Waals surface area contributed by atoms with Crippen LogP contribution in [0.1, 0.15) is 38.3 Å². The molecule has 1 aromatic rings. The Morgan fingerprint density at radius 3 is 2.39 bits per heavy atom. The van der Waals surface area contributed by atoms with Crippen LogP contribution in [0.2, 0.25) is 11.1 Å². The fourth-order valence-electron chi connectivity index (χ4n) is 2.37. The second kappa shape index (κ2) is 6.61. The number of hydrogen-bond donors (Lipinski definition) is 0. The lowest BCUT2D eigenvalue weighted by atomic mass is 10.1. The van der Waals surface area contributed by atoms with Crippen molar-refractivity contribution in [2.75, 3.05) is 0 Å². The Labute approximate surface area is 114 Å². The van der Waals surface area contributed by atoms with E-state index in [1.165, 1.54) is 5.56 Å². The van der Waals surface area contributed by atoms with Crippen LogP contribution in [0, 0.1) is 12.3 Å². The van der Waals surface area contributed by atoms with Crippen LogP contribution >= 0.6 is 0 Å². The number of benzene rings is 1. The fraction of sp³-hybridized carbons (Fsp3) is 0.412. The lowest BCUT2D eigenvalue weighted by molar-refractivity contribution is 0.705. The molecule has 0 bridgehead atoms. The predicted octanol–water partition coefficient (Wildman–Crippen LogP) is 4.81. The van der Waals surface area contributed by atoms with E-state index in [1.54, 1.807) is 0 Å². The summed E-state index contributed by atoms with van der Waals surface area (Å²) in [6.45, 7) is 10.9. The standard InChI is InChI=1S/C17H23Si/c1-6-11-16(15-12-9-8-10-13-15)18(14-7-2)17(3,4)5/h1,7-10,12-13,16H,2,11,14H2,3-5H3/t16-/m0/s1. The average molecular weight is 255 g/mol. The van der Waals surface area contributed by atoms with Crippen molar-refractivity contribution in [1.29, 1.82) is 0 Å². The van der Waals surface area contributed by atoms with Gasteiger partial charge in [-0.3, -0.25) is 0 Å². The first-order valence-electron chi connectivity index (χ1n) is 6.46. The van der Waals surface area contributed by atoms with Crippen molar-refractivity contribution in [3.05, 3.63) is 48.6 Å². The van der Waals surface area contributed by atoms with Gasteiger partial charge < -0.3 is 0 Å². The quantitative estimate of drug-likeness (QED) is 0.402. The van der Waals surface area contributed by atoms with Crippen LogP contribution in [0.5, 0.6) is 0 Å². The van der Waals surface area contributed by atoms with Crippen LogP contribution in [-0.2, 0) is 0 Å². The van der Waals surface area contributed by atoms with Crippen LogP contribution in [0.3, 0.4) is 0 Å². The summed E-state index contributed by atoms with van der Waals surface area (Å²) in [5.74, 6) is 2.87. The molecule has 1 atom stereocenters. The van der Waals surface area contributed by atoms with Gasteiger partial charge in [0.15, 0.2) is 0 Å². The third kappa shape index (κ3) is 3.89. The average Bonchev–Trinajstić information content (AvgIpc) is 2.33. The smallest absolute Gasteiger partial charge is 0.0670 e. The monoisotopic (exact) mass is 255 g/mol. The summed E-state index contributed by atoms with van der Waals surface area (Å²) in [5, 5.41) is 0.330. The maximum absolute atomic E-state index is 5.58. The molecule has 0 N–H and O–H groups in total. The van der Waals surface area contributed by atoms with Gasteiger partial charge in [0.2, 0.25) is 0 Å². The molecule has 0 unspecified atom stereocenters. The van der Waals surface area contributed by atoms with Gasteiger partial charge in [-0.05, 0) is 22.2 Å². The molecular formula is C17H23Si. The Bertz CT molecular complexity index is 405. The molecule has 0 saturated heterocycles. The summed E-state index contributed by atoms with van der Waals surface area (Å²) in [6.07, 6.45) is 8.48. The zero-order chi connectivity index (χ0) is 13.6. The molecule has 0 aliphatic rings. The van der Waals surface area contributed by atoms with E-state index in [4.69, 9.17) is 6.42 Å². The van der Waals surface area contributed by atoms with E-state index in [-0.39, 0.29) is 0 Å². The first kappa shape index (κ1) is 14.8. The first-order valence-corrected chi connectivity index (χ1v) is 8.24. The summed E-state index contributed by atoms with van der Waals surface area (Å²) >= 11 is 0. The van der Waals surface area contributed by atoms with E-state index in [0.29, 0.717) is 10.6 Å². The maximum atomic E-state index is 5.58. The lowest BCUT2D eigenvalue weighted by Crippen LogP contribution is -2.32. The molecular weight excluding hydrogens is 232 g/mol. The van der Waals surface area contributed by atoms with Gasteiger partial charge >= 0.3 is 0 Å². The van der Waals surface area contributed by atoms with Gasteiger partial charge in [0.05, 0.1) is 8.80 Å². The van der Waals surface area contributed by atoms with E-state index in [0.717, 1.165) is 12.5 Å². The van der Waals surface area contributed by atoms with E-state index >= 15 is 0 Å². The van der Waals surface area contributed by atoms with Gasteiger partial charge in [-0.15, -0.1) is 18.9 Å². The highest BCUT2D eigenvalue weighted by molar-refractivity contribution is 6.64. The summed E-state index contributed by atoms with van der Waals surface area (Å²) in [5.41, 5.74) is 1.90. The Morgan fingerprint density at radius 1 is 1.33 bits per heavy atom. The second-order valence-corrected chi connectivity index (χ2v) is 9.30. The zero-order valence-electron chi connectivity index (χ0n) is 11.7. The molecule has 1 radical (unpaired) electrons. The summed E-state index contributed by atoms with van der Waals surface area (Å²) in [7, 11) is -0.625. The predicted molar refractivity (Wildman–Crippen MR) is 83.1 cm³/mol. The molecule has 18 heavy (non-hydrogen) atoms. The van der Waals surface area contributed by atoms with Crippen LogP contribution in [-0.4, -0.2) is 8.80 Å². The third-order valence-electron chi connectivity index (χ3n) is 3.27. The minimum Gasteiger partial charge on any atom is -0.120 e. The molecule has 0 fully saturated rings. The molecule has 0 heterocycles. The van der Waals surface area contributed by atoms with E-state index in [2.05, 4.69) is 69.7 Å². The minimum absolute atomic E-state index is 0.330. The Balaban J connectivity index is 3.09. The SMILES string of the molecule is C#CC[C@@H](c1ccccc1)[Si](CC=C)C(C)(C)C. The van der Waals surface area contributed by atoms with Crippen molar-refractivity contribution in [3.8, 4) is 12.3 Å². The van der Waals surface area contributed by atoms with Crippen molar-refractivity contribution >= 4 is 8.80 Å². The third-order valence-corrected chi connectivity index (χ3v) is 7.31. The van der Waals surface area contributed by atoms with E-state index in [1.807, 2.05) is 0 Å². The summed E-state index contributed by atoms with van der Waals surface area (Å²) < 4.78 is 0. The van der Waals surface area contributed by atoms with Crippen LogP contribution in [0.25, 0.3) is 0 Å². The fourth-order valence-corrected chi connectivity index (χ4v) is 5.58. The Hall–Kier alpha value is -1.26. The molecule has 0 spiro atoms. The normalized spacial score (nSPS) is 13.1. The molecule has 0 aliphatic carbocycles. The molecule has 1 heteroatoms. The van der Waals surface area contributed by atoms with Crippen molar-refractivity contribution in [2.24, 2.45) is 0 Å². The van der Waals surface area contributed by atoms with Crippen LogP contribution in [0.15, 0.2) is 43.0 Å². The largest absolute Gasteiger partial charge is 0.120 e. The topological polar surface area (TPSA) is 0 Å². The van der Waals surface area contributed by atoms with Gasteiger partial charge in [-0.1, -0.05) is 57.2 Å². The molecule has 0 nitrogen and oxygen atoms in total. The first-order chi connectivity index (χ1) is 8.50. The van der Waals surface area contributed by atoms with Gasteiger partial charge in [0, 0.05) is 6.42 Å². The van der Waals surface area contributed by atoms with Gasteiger partial charge in [-0.2, -0.15) is 0 Å². The molecule has 0 saturated carbocycles. The van der Waals surface area contributed by atoms with Gasteiger partial charge in [0.1, 0.15) is 0 Å². The van der Waals surface area contributed by atoms with Crippen LogP contribution < -0.4 is 0 Å². The molecule has 0 aliphatic heterocycles. The maximum Gasteiger partial charge on any atom is 0.0670 e. The molecule has 95 valence electrons. The molecule has 0 aromatic heterocycles. The van der Waals surface area contributed by atoms with Crippen molar-refractivity contribution in [3.63, 3.8) is 0 Å². The number of rotatable bonds is 5. The molecule has 1 aromatic carbocycles. The minimum atomic E-state index is -0.625. The number of hydrogen-bond acceptors (Lipinski definition) is 0. The van der Waals surface area contributed by atoms with Crippen molar-refractivity contribution < 1.29 is 0 Å². The number of terminal acetylenes is 1. The highest BCUT2D eigenvalue weighted by Gasteiger charge is 2.33. The molecule has 0 amide bonds. The van der Waals surface area contributed by atoms with Gasteiger partial charge in [-0.25, -0.2) is 0 Å². The van der Waals surface area contributed by atoms with Crippen molar-refractivity contribution in [1.82, 2.24) is 0 Å². The Morgan fingerprint density at radius 2 is 1.94 bits per heavy atom. The summed E-state index contributed by atoms with van der Waals surface area (Å²) in [6, 6.07) is 11.8.